The van der Waals surface area contributed by atoms with E-state index in [2.05, 4.69) is 0 Å². The van der Waals surface area contributed by atoms with Crippen molar-refractivity contribution in [3.63, 3.8) is 0 Å². The second-order valence-corrected chi connectivity index (χ2v) is 5.06. The molecule has 0 aliphatic heterocycles. The largest absolute Gasteiger partial charge is 0.496 e. The number of carboxylic acid groups (broad SMARTS) is 1. The number of para-hydroxylation sites is 1. The fourth-order valence-electron chi connectivity index (χ4n) is 1.78. The predicted octanol–water partition coefficient (Wildman–Crippen LogP) is 3.82. The predicted molar refractivity (Wildman–Crippen MR) is 75.9 cm³/mol. The Labute approximate surface area is 120 Å². The molecule has 0 unspecified atom stereocenters. The number of hydrogen-bond acceptors (Lipinski definition) is 3. The third-order valence-electron chi connectivity index (χ3n) is 2.75. The van der Waals surface area contributed by atoms with Crippen LogP contribution in [0.4, 0.5) is 4.39 Å². The first kappa shape index (κ1) is 14.4. The lowest BCUT2D eigenvalue weighted by molar-refractivity contribution is 0.0696. The van der Waals surface area contributed by atoms with Gasteiger partial charge in [0.2, 0.25) is 0 Å². The zero-order chi connectivity index (χ0) is 14.5. The van der Waals surface area contributed by atoms with Gasteiger partial charge in [0.05, 0.1) is 12.7 Å². The smallest absolute Gasteiger partial charge is 0.335 e. The minimum absolute atomic E-state index is 0.119. The highest BCUT2D eigenvalue weighted by atomic mass is 32.2. The van der Waals surface area contributed by atoms with Crippen molar-refractivity contribution >= 4 is 17.7 Å². The van der Waals surface area contributed by atoms with Crippen LogP contribution in [0.5, 0.6) is 5.75 Å². The molecule has 2 aromatic carbocycles. The van der Waals surface area contributed by atoms with E-state index in [-0.39, 0.29) is 5.56 Å². The molecule has 0 spiro atoms. The van der Waals surface area contributed by atoms with Crippen LogP contribution < -0.4 is 4.74 Å². The number of benzene rings is 2. The van der Waals surface area contributed by atoms with Crippen LogP contribution in [0.2, 0.25) is 0 Å². The van der Waals surface area contributed by atoms with Gasteiger partial charge in [0.25, 0.3) is 0 Å². The van der Waals surface area contributed by atoms with E-state index in [1.807, 2.05) is 24.3 Å². The molecule has 5 heteroatoms. The summed E-state index contributed by atoms with van der Waals surface area (Å²) < 4.78 is 18.5. The molecule has 20 heavy (non-hydrogen) atoms. The van der Waals surface area contributed by atoms with Gasteiger partial charge in [-0.15, -0.1) is 11.8 Å². The molecule has 2 aromatic rings. The molecule has 0 atom stereocenters. The minimum atomic E-state index is -1.05. The zero-order valence-electron chi connectivity index (χ0n) is 10.8. The monoisotopic (exact) mass is 292 g/mol. The lowest BCUT2D eigenvalue weighted by Gasteiger charge is -2.09. The molecule has 0 fully saturated rings. The molecule has 2 rings (SSSR count). The van der Waals surface area contributed by atoms with E-state index in [9.17, 15) is 9.18 Å². The summed E-state index contributed by atoms with van der Waals surface area (Å²) in [5.74, 6) is -0.420. The molecule has 3 nitrogen and oxygen atoms in total. The van der Waals surface area contributed by atoms with E-state index in [0.29, 0.717) is 17.1 Å². The molecule has 0 saturated heterocycles. The minimum Gasteiger partial charge on any atom is -0.496 e. The van der Waals surface area contributed by atoms with Crippen molar-refractivity contribution in [1.82, 2.24) is 0 Å². The lowest BCUT2D eigenvalue weighted by Crippen LogP contribution is -2.02. The Morgan fingerprint density at radius 2 is 2.05 bits per heavy atom. The Bertz CT molecular complexity index is 628. The number of halogens is 1. The first-order valence-corrected chi connectivity index (χ1v) is 6.88. The van der Waals surface area contributed by atoms with Gasteiger partial charge in [-0.05, 0) is 35.9 Å². The summed E-state index contributed by atoms with van der Waals surface area (Å²) in [6.07, 6.45) is 0. The molecule has 0 heterocycles. The van der Waals surface area contributed by atoms with Crippen LogP contribution in [0.15, 0.2) is 47.4 Å². The van der Waals surface area contributed by atoms with E-state index in [1.165, 1.54) is 23.9 Å². The molecule has 0 saturated carbocycles. The topological polar surface area (TPSA) is 46.5 Å². The van der Waals surface area contributed by atoms with Crippen LogP contribution in [0.3, 0.4) is 0 Å². The van der Waals surface area contributed by atoms with Crippen molar-refractivity contribution < 1.29 is 19.0 Å². The maximum atomic E-state index is 13.3. The number of carbonyl (C=O) groups is 1. The van der Waals surface area contributed by atoms with Gasteiger partial charge in [-0.25, -0.2) is 9.18 Å². The van der Waals surface area contributed by atoms with Crippen LogP contribution in [-0.2, 0) is 5.75 Å². The van der Waals surface area contributed by atoms with Crippen LogP contribution in [-0.4, -0.2) is 18.2 Å². The Balaban J connectivity index is 2.22. The van der Waals surface area contributed by atoms with Gasteiger partial charge in [0, 0.05) is 10.6 Å². The Morgan fingerprint density at radius 1 is 1.30 bits per heavy atom. The summed E-state index contributed by atoms with van der Waals surface area (Å²) in [6.45, 7) is 0. The van der Waals surface area contributed by atoms with Crippen molar-refractivity contribution in [2.24, 2.45) is 0 Å². The Hall–Kier alpha value is -2.01. The third-order valence-corrected chi connectivity index (χ3v) is 3.85. The van der Waals surface area contributed by atoms with Crippen molar-refractivity contribution in [2.45, 2.75) is 10.6 Å². The molecule has 0 aliphatic rings. The normalized spacial score (nSPS) is 10.3. The van der Waals surface area contributed by atoms with Gasteiger partial charge in [0.15, 0.2) is 0 Å². The van der Waals surface area contributed by atoms with Crippen LogP contribution in [0.25, 0.3) is 0 Å². The highest BCUT2D eigenvalue weighted by Crippen LogP contribution is 2.32. The number of ether oxygens (including phenoxy) is 1. The summed E-state index contributed by atoms with van der Waals surface area (Å²) in [5.41, 5.74) is 0.571. The summed E-state index contributed by atoms with van der Waals surface area (Å²) >= 11 is 1.41. The Kier molecular flexibility index (Phi) is 4.63. The van der Waals surface area contributed by atoms with Gasteiger partial charge in [-0.1, -0.05) is 12.1 Å². The van der Waals surface area contributed by atoms with Crippen molar-refractivity contribution in [3.05, 3.63) is 59.4 Å². The van der Waals surface area contributed by atoms with Gasteiger partial charge in [-0.3, -0.25) is 0 Å². The third kappa shape index (κ3) is 3.30. The standard InChI is InChI=1S/C15H13FO3S/c1-19-13-4-2-3-5-14(13)20-9-10-8-11(16)6-7-12(10)15(17)18/h2-8H,9H2,1H3,(H,17,18). The number of carboxylic acids is 1. The van der Waals surface area contributed by atoms with Crippen LogP contribution >= 0.6 is 11.8 Å². The molecule has 0 bridgehead atoms. The van der Waals surface area contributed by atoms with E-state index in [0.717, 1.165) is 11.0 Å². The van der Waals surface area contributed by atoms with Crippen molar-refractivity contribution in [1.29, 1.82) is 0 Å². The number of hydrogen-bond donors (Lipinski definition) is 1. The summed E-state index contributed by atoms with van der Waals surface area (Å²) in [5, 5.41) is 9.10. The molecule has 0 aliphatic carbocycles. The first-order valence-electron chi connectivity index (χ1n) is 5.89. The van der Waals surface area contributed by atoms with Crippen molar-refractivity contribution in [3.8, 4) is 5.75 Å². The molecular weight excluding hydrogens is 279 g/mol. The second-order valence-electron chi connectivity index (χ2n) is 4.05. The highest BCUT2D eigenvalue weighted by molar-refractivity contribution is 7.98. The van der Waals surface area contributed by atoms with Gasteiger partial charge >= 0.3 is 5.97 Å². The average molecular weight is 292 g/mol. The average Bonchev–Trinajstić information content (AvgIpc) is 2.45. The maximum absolute atomic E-state index is 13.3. The first-order chi connectivity index (χ1) is 9.61. The van der Waals surface area contributed by atoms with E-state index in [4.69, 9.17) is 9.84 Å². The highest BCUT2D eigenvalue weighted by Gasteiger charge is 2.12. The maximum Gasteiger partial charge on any atom is 0.335 e. The SMILES string of the molecule is COc1ccccc1SCc1cc(F)ccc1C(=O)O. The summed E-state index contributed by atoms with van der Waals surface area (Å²) in [4.78, 5) is 12.0. The molecule has 1 N–H and O–H groups in total. The zero-order valence-corrected chi connectivity index (χ0v) is 11.6. The molecule has 0 radical (unpaired) electrons. The molecule has 104 valence electrons. The molecule has 0 amide bonds. The number of aromatic carboxylic acids is 1. The summed E-state index contributed by atoms with van der Waals surface area (Å²) in [7, 11) is 1.57. The van der Waals surface area contributed by atoms with Gasteiger partial charge in [-0.2, -0.15) is 0 Å². The Morgan fingerprint density at radius 3 is 2.75 bits per heavy atom. The van der Waals surface area contributed by atoms with Gasteiger partial charge in [0.1, 0.15) is 11.6 Å². The summed E-state index contributed by atoms with van der Waals surface area (Å²) in [6, 6.07) is 11.1. The van der Waals surface area contributed by atoms with E-state index < -0.39 is 11.8 Å². The fraction of sp³-hybridized carbons (Fsp3) is 0.133. The van der Waals surface area contributed by atoms with Crippen LogP contribution in [0.1, 0.15) is 15.9 Å². The van der Waals surface area contributed by atoms with Gasteiger partial charge < -0.3 is 9.84 Å². The fourth-order valence-corrected chi connectivity index (χ4v) is 2.80. The van der Waals surface area contributed by atoms with E-state index in [1.54, 1.807) is 7.11 Å². The van der Waals surface area contributed by atoms with Crippen molar-refractivity contribution in [2.75, 3.05) is 7.11 Å². The quantitative estimate of drug-likeness (QED) is 0.851. The number of rotatable bonds is 5. The molecule has 0 aromatic heterocycles. The van der Waals surface area contributed by atoms with Crippen LogP contribution in [0, 0.1) is 5.82 Å². The number of methoxy groups -OCH3 is 1. The second kappa shape index (κ2) is 6.43. The lowest BCUT2D eigenvalue weighted by atomic mass is 10.1. The van der Waals surface area contributed by atoms with E-state index >= 15 is 0 Å². The number of thioether (sulfide) groups is 1. The molecular formula is C15H13FO3S.